The van der Waals surface area contributed by atoms with E-state index < -0.39 is 0 Å². The van der Waals surface area contributed by atoms with Crippen molar-refractivity contribution in [2.75, 3.05) is 26.8 Å². The van der Waals surface area contributed by atoms with Crippen LogP contribution in [0.5, 0.6) is 0 Å². The first-order valence-corrected chi connectivity index (χ1v) is 7.31. The molecule has 1 aromatic rings. The van der Waals surface area contributed by atoms with Crippen LogP contribution in [0.2, 0.25) is 0 Å². The Morgan fingerprint density at radius 1 is 1.45 bits per heavy atom. The highest BCUT2D eigenvalue weighted by Gasteiger charge is 2.27. The molecule has 2 atom stereocenters. The molecule has 0 aromatic heterocycles. The molecule has 20 heavy (non-hydrogen) atoms. The number of nitrogens with one attached hydrogen (secondary N) is 1. The quantitative estimate of drug-likeness (QED) is 0.619. The van der Waals surface area contributed by atoms with Gasteiger partial charge in [-0.2, -0.15) is 0 Å². The average molecular weight is 275 g/mol. The van der Waals surface area contributed by atoms with Crippen molar-refractivity contribution in [1.82, 2.24) is 4.90 Å². The largest absolute Gasteiger partial charge is 0.388 e. The van der Waals surface area contributed by atoms with Crippen LogP contribution in [0.3, 0.4) is 0 Å². The average Bonchev–Trinajstić information content (AvgIpc) is 2.46. The molecule has 1 aliphatic heterocycles. The summed E-state index contributed by atoms with van der Waals surface area (Å²) in [5.41, 5.74) is 6.91. The van der Waals surface area contributed by atoms with E-state index in [2.05, 4.69) is 29.2 Å². The molecule has 2 rings (SSSR count). The van der Waals surface area contributed by atoms with Crippen LogP contribution in [0.15, 0.2) is 30.3 Å². The zero-order valence-electron chi connectivity index (χ0n) is 12.2. The SMILES string of the molecule is COCC1CCCN(C(CC(=N)N)c2ccccc2)C1. The Morgan fingerprint density at radius 3 is 2.85 bits per heavy atom. The number of ether oxygens (including phenoxy) is 1. The van der Waals surface area contributed by atoms with Gasteiger partial charge in [0, 0.05) is 26.1 Å². The summed E-state index contributed by atoms with van der Waals surface area (Å²) in [5.74, 6) is 0.847. The van der Waals surface area contributed by atoms with Crippen LogP contribution in [0.1, 0.15) is 30.9 Å². The number of amidine groups is 1. The maximum absolute atomic E-state index is 7.65. The van der Waals surface area contributed by atoms with E-state index in [-0.39, 0.29) is 11.9 Å². The molecule has 1 heterocycles. The predicted octanol–water partition coefficient (Wildman–Crippen LogP) is 2.41. The van der Waals surface area contributed by atoms with E-state index in [0.717, 1.165) is 19.7 Å². The fourth-order valence-electron chi connectivity index (χ4n) is 3.09. The van der Waals surface area contributed by atoms with E-state index >= 15 is 0 Å². The first kappa shape index (κ1) is 15.0. The zero-order valence-corrected chi connectivity index (χ0v) is 12.2. The summed E-state index contributed by atoms with van der Waals surface area (Å²) in [7, 11) is 1.77. The number of hydrogen-bond acceptors (Lipinski definition) is 3. The number of nitrogens with zero attached hydrogens (tertiary/aromatic N) is 1. The van der Waals surface area contributed by atoms with E-state index in [9.17, 15) is 0 Å². The van der Waals surface area contributed by atoms with Gasteiger partial charge in [-0.15, -0.1) is 0 Å². The summed E-state index contributed by atoms with van der Waals surface area (Å²) in [6.45, 7) is 2.92. The molecule has 0 bridgehead atoms. The minimum absolute atomic E-state index is 0.216. The molecular formula is C16H25N3O. The Hall–Kier alpha value is -1.39. The zero-order chi connectivity index (χ0) is 14.4. The molecule has 4 nitrogen and oxygen atoms in total. The summed E-state index contributed by atoms with van der Waals surface area (Å²) in [4.78, 5) is 2.46. The molecule has 110 valence electrons. The Kier molecular flexibility index (Phi) is 5.56. The smallest absolute Gasteiger partial charge is 0.0924 e. The van der Waals surface area contributed by atoms with Crippen LogP contribution in [-0.4, -0.2) is 37.5 Å². The first-order chi connectivity index (χ1) is 9.70. The molecule has 4 heteroatoms. The van der Waals surface area contributed by atoms with Crippen LogP contribution >= 0.6 is 0 Å². The lowest BCUT2D eigenvalue weighted by Gasteiger charge is -2.38. The summed E-state index contributed by atoms with van der Waals surface area (Å²) >= 11 is 0. The molecular weight excluding hydrogens is 250 g/mol. The third-order valence-corrected chi connectivity index (χ3v) is 3.99. The summed E-state index contributed by atoms with van der Waals surface area (Å²) in [5, 5.41) is 7.65. The number of rotatable bonds is 6. The standard InChI is InChI=1S/C16H25N3O/c1-20-12-13-6-5-9-19(11-13)15(10-16(17)18)14-7-3-2-4-8-14/h2-4,7-8,13,15H,5-6,9-12H2,1H3,(H3,17,18). The van der Waals surface area contributed by atoms with Gasteiger partial charge in [-0.1, -0.05) is 30.3 Å². The molecule has 0 amide bonds. The Bertz CT molecular complexity index is 419. The third kappa shape index (κ3) is 4.05. The molecule has 0 spiro atoms. The lowest BCUT2D eigenvalue weighted by Crippen LogP contribution is -2.40. The molecule has 0 radical (unpaired) electrons. The second kappa shape index (κ2) is 7.41. The van der Waals surface area contributed by atoms with Crippen LogP contribution in [0.4, 0.5) is 0 Å². The van der Waals surface area contributed by atoms with Gasteiger partial charge in [-0.05, 0) is 30.9 Å². The second-order valence-corrected chi connectivity index (χ2v) is 5.61. The van der Waals surface area contributed by atoms with Crippen molar-refractivity contribution >= 4 is 5.84 Å². The van der Waals surface area contributed by atoms with Gasteiger partial charge < -0.3 is 10.5 Å². The maximum Gasteiger partial charge on any atom is 0.0924 e. The van der Waals surface area contributed by atoms with E-state index in [1.807, 2.05) is 6.07 Å². The summed E-state index contributed by atoms with van der Waals surface area (Å²) < 4.78 is 5.30. The fraction of sp³-hybridized carbons (Fsp3) is 0.562. The van der Waals surface area contributed by atoms with Crippen molar-refractivity contribution in [1.29, 1.82) is 5.41 Å². The minimum atomic E-state index is 0.216. The Balaban J connectivity index is 2.12. The van der Waals surface area contributed by atoms with Crippen molar-refractivity contribution in [3.05, 3.63) is 35.9 Å². The molecule has 2 unspecified atom stereocenters. The number of benzene rings is 1. The van der Waals surface area contributed by atoms with Gasteiger partial charge in [-0.25, -0.2) is 0 Å². The van der Waals surface area contributed by atoms with Crippen molar-refractivity contribution < 1.29 is 4.74 Å². The van der Waals surface area contributed by atoms with Crippen molar-refractivity contribution in [3.8, 4) is 0 Å². The highest BCUT2D eigenvalue weighted by atomic mass is 16.5. The van der Waals surface area contributed by atoms with Gasteiger partial charge in [0.1, 0.15) is 0 Å². The number of hydrogen-bond donors (Lipinski definition) is 2. The van der Waals surface area contributed by atoms with Crippen LogP contribution < -0.4 is 5.73 Å². The van der Waals surface area contributed by atoms with Crippen molar-refractivity contribution in [2.45, 2.75) is 25.3 Å². The molecule has 1 fully saturated rings. The monoisotopic (exact) mass is 275 g/mol. The number of nitrogens with two attached hydrogens (primary N) is 1. The lowest BCUT2D eigenvalue weighted by molar-refractivity contribution is 0.0692. The van der Waals surface area contributed by atoms with Gasteiger partial charge in [0.2, 0.25) is 0 Å². The van der Waals surface area contributed by atoms with Gasteiger partial charge in [0.15, 0.2) is 0 Å². The van der Waals surface area contributed by atoms with Crippen molar-refractivity contribution in [3.63, 3.8) is 0 Å². The fourth-order valence-corrected chi connectivity index (χ4v) is 3.09. The van der Waals surface area contributed by atoms with Gasteiger partial charge in [0.25, 0.3) is 0 Å². The van der Waals surface area contributed by atoms with Gasteiger partial charge >= 0.3 is 0 Å². The molecule has 0 aliphatic carbocycles. The second-order valence-electron chi connectivity index (χ2n) is 5.61. The normalized spacial score (nSPS) is 21.6. The number of likely N-dealkylation sites (tertiary alicyclic amines) is 1. The van der Waals surface area contributed by atoms with E-state index in [1.165, 1.54) is 18.4 Å². The van der Waals surface area contributed by atoms with E-state index in [1.54, 1.807) is 7.11 Å². The van der Waals surface area contributed by atoms with Crippen LogP contribution in [0, 0.1) is 11.3 Å². The topological polar surface area (TPSA) is 62.3 Å². The summed E-state index contributed by atoms with van der Waals surface area (Å²) in [6, 6.07) is 10.6. The predicted molar refractivity (Wildman–Crippen MR) is 81.9 cm³/mol. The van der Waals surface area contributed by atoms with Gasteiger partial charge in [0.05, 0.1) is 12.4 Å². The molecule has 1 saturated heterocycles. The van der Waals surface area contributed by atoms with Crippen LogP contribution in [-0.2, 0) is 4.74 Å². The Labute approximate surface area is 121 Å². The highest BCUT2D eigenvalue weighted by molar-refractivity contribution is 5.77. The first-order valence-electron chi connectivity index (χ1n) is 7.31. The molecule has 1 aromatic carbocycles. The minimum Gasteiger partial charge on any atom is -0.388 e. The molecule has 3 N–H and O–H groups in total. The maximum atomic E-state index is 7.65. The lowest BCUT2D eigenvalue weighted by atomic mass is 9.94. The van der Waals surface area contributed by atoms with Crippen LogP contribution in [0.25, 0.3) is 0 Å². The van der Waals surface area contributed by atoms with Gasteiger partial charge in [-0.3, -0.25) is 10.3 Å². The highest BCUT2D eigenvalue weighted by Crippen LogP contribution is 2.29. The number of methoxy groups -OCH3 is 1. The molecule has 0 saturated carbocycles. The third-order valence-electron chi connectivity index (χ3n) is 3.99. The Morgan fingerprint density at radius 2 is 2.20 bits per heavy atom. The number of piperidine rings is 1. The van der Waals surface area contributed by atoms with E-state index in [4.69, 9.17) is 15.9 Å². The van der Waals surface area contributed by atoms with E-state index in [0.29, 0.717) is 12.3 Å². The molecule has 1 aliphatic rings. The summed E-state index contributed by atoms with van der Waals surface area (Å²) in [6.07, 6.45) is 3.02. The van der Waals surface area contributed by atoms with Crippen molar-refractivity contribution in [2.24, 2.45) is 11.7 Å².